The van der Waals surface area contributed by atoms with Crippen molar-refractivity contribution in [2.24, 2.45) is 0 Å². The van der Waals surface area contributed by atoms with Gasteiger partial charge in [0.05, 0.1) is 0 Å². The van der Waals surface area contributed by atoms with E-state index in [4.69, 9.17) is 16.7 Å². The number of nitrogens with zero attached hydrogens (tertiary/aromatic N) is 2. The average Bonchev–Trinajstić information content (AvgIpc) is 2.83. The highest BCUT2D eigenvalue weighted by Crippen LogP contribution is 2.25. The zero-order valence-corrected chi connectivity index (χ0v) is 10.8. The maximum atomic E-state index is 11.8. The molecule has 2 heterocycles. The molecule has 0 aliphatic carbocycles. The molecule has 0 amide bonds. The van der Waals surface area contributed by atoms with Crippen LogP contribution < -0.4 is 5.56 Å². The van der Waals surface area contributed by atoms with E-state index < -0.39 is 11.5 Å². The number of rotatable bonds is 2. The van der Waals surface area contributed by atoms with Crippen molar-refractivity contribution in [2.75, 3.05) is 0 Å². The number of hydrogen-bond acceptors (Lipinski definition) is 3. The summed E-state index contributed by atoms with van der Waals surface area (Å²) < 4.78 is 1.18. The predicted molar refractivity (Wildman–Crippen MR) is 73.2 cm³/mol. The van der Waals surface area contributed by atoms with E-state index in [-0.39, 0.29) is 11.3 Å². The van der Waals surface area contributed by atoms with Gasteiger partial charge in [-0.2, -0.15) is 0 Å². The predicted octanol–water partition coefficient (Wildman–Crippen LogP) is 2.04. The van der Waals surface area contributed by atoms with Gasteiger partial charge in [0.2, 0.25) is 0 Å². The van der Waals surface area contributed by atoms with E-state index in [1.165, 1.54) is 4.52 Å². The maximum Gasteiger partial charge on any atom is 0.354 e. The van der Waals surface area contributed by atoms with E-state index in [1.54, 1.807) is 30.5 Å². The van der Waals surface area contributed by atoms with Crippen LogP contribution in [0.2, 0.25) is 5.02 Å². The molecule has 6 nitrogen and oxygen atoms in total. The Balaban J connectivity index is 2.32. The SMILES string of the molecule is O=C(O)c1cc(=O)n2[nH]cc(-c3cccc(Cl)c3)c2n1. The third-order valence-corrected chi connectivity index (χ3v) is 3.09. The summed E-state index contributed by atoms with van der Waals surface area (Å²) >= 11 is 5.93. The van der Waals surface area contributed by atoms with Crippen LogP contribution in [0.15, 0.2) is 41.3 Å². The van der Waals surface area contributed by atoms with Gasteiger partial charge >= 0.3 is 5.97 Å². The number of aromatic amines is 1. The van der Waals surface area contributed by atoms with Crippen LogP contribution in [0, 0.1) is 0 Å². The molecule has 0 fully saturated rings. The molecule has 7 heteroatoms. The number of carbonyl (C=O) groups is 1. The van der Waals surface area contributed by atoms with Gasteiger partial charge in [0, 0.05) is 22.8 Å². The molecular formula is C13H8ClN3O3. The van der Waals surface area contributed by atoms with Crippen LogP contribution in [0.25, 0.3) is 16.8 Å². The van der Waals surface area contributed by atoms with Crippen LogP contribution in [0.4, 0.5) is 0 Å². The fourth-order valence-electron chi connectivity index (χ4n) is 1.96. The Morgan fingerprint density at radius 3 is 2.85 bits per heavy atom. The number of hydrogen-bond donors (Lipinski definition) is 2. The molecule has 3 aromatic rings. The zero-order valence-electron chi connectivity index (χ0n) is 10.0. The van der Waals surface area contributed by atoms with Gasteiger partial charge in [-0.25, -0.2) is 14.3 Å². The minimum Gasteiger partial charge on any atom is -0.477 e. The number of H-pyrrole nitrogens is 1. The smallest absolute Gasteiger partial charge is 0.354 e. The molecule has 1 aromatic carbocycles. The summed E-state index contributed by atoms with van der Waals surface area (Å²) in [6, 6.07) is 7.97. The second-order valence-corrected chi connectivity index (χ2v) is 4.58. The van der Waals surface area contributed by atoms with Crippen LogP contribution in [0.1, 0.15) is 10.5 Å². The first-order chi connectivity index (χ1) is 9.56. The Kier molecular flexibility index (Phi) is 2.80. The number of aromatic carboxylic acids is 1. The van der Waals surface area contributed by atoms with E-state index in [0.717, 1.165) is 11.6 Å². The van der Waals surface area contributed by atoms with Gasteiger partial charge in [0.25, 0.3) is 5.56 Å². The van der Waals surface area contributed by atoms with E-state index in [2.05, 4.69) is 10.1 Å². The second kappa shape index (κ2) is 4.50. The fraction of sp³-hybridized carbons (Fsp3) is 0. The fourth-order valence-corrected chi connectivity index (χ4v) is 2.15. The molecule has 0 aliphatic heterocycles. The maximum absolute atomic E-state index is 11.8. The van der Waals surface area contributed by atoms with Crippen molar-refractivity contribution in [2.45, 2.75) is 0 Å². The third kappa shape index (κ3) is 1.96. The summed E-state index contributed by atoms with van der Waals surface area (Å²) in [6.45, 7) is 0. The molecule has 0 aliphatic rings. The lowest BCUT2D eigenvalue weighted by Crippen LogP contribution is -2.17. The van der Waals surface area contributed by atoms with Crippen molar-refractivity contribution in [1.29, 1.82) is 0 Å². The third-order valence-electron chi connectivity index (χ3n) is 2.85. The lowest BCUT2D eigenvalue weighted by molar-refractivity contribution is 0.0690. The largest absolute Gasteiger partial charge is 0.477 e. The monoisotopic (exact) mass is 289 g/mol. The van der Waals surface area contributed by atoms with Crippen molar-refractivity contribution >= 4 is 23.2 Å². The molecule has 0 saturated carbocycles. The van der Waals surface area contributed by atoms with E-state index in [0.29, 0.717) is 10.6 Å². The standard InChI is InChI=1S/C13H8ClN3O3/c14-8-3-1-2-7(4-8)9-6-15-17-11(18)5-10(13(19)20)16-12(9)17/h1-6,15H,(H,19,20). The van der Waals surface area contributed by atoms with Crippen LogP contribution in [0.3, 0.4) is 0 Å². The molecule has 0 saturated heterocycles. The van der Waals surface area contributed by atoms with Crippen LogP contribution in [-0.2, 0) is 0 Å². The lowest BCUT2D eigenvalue weighted by Gasteiger charge is -2.00. The summed E-state index contributed by atoms with van der Waals surface area (Å²) in [5, 5.41) is 12.3. The summed E-state index contributed by atoms with van der Waals surface area (Å²) in [4.78, 5) is 26.8. The lowest BCUT2D eigenvalue weighted by atomic mass is 10.1. The molecule has 2 aromatic heterocycles. The Hall–Kier alpha value is -2.60. The molecule has 3 rings (SSSR count). The molecule has 0 bridgehead atoms. The Morgan fingerprint density at radius 1 is 1.35 bits per heavy atom. The number of aromatic nitrogens is 3. The van der Waals surface area contributed by atoms with Crippen molar-refractivity contribution in [3.8, 4) is 11.1 Å². The Bertz CT molecular complexity index is 882. The van der Waals surface area contributed by atoms with Gasteiger partial charge < -0.3 is 5.11 Å². The summed E-state index contributed by atoms with van der Waals surface area (Å²) in [6.07, 6.45) is 1.58. The highest BCUT2D eigenvalue weighted by atomic mass is 35.5. The molecule has 2 N–H and O–H groups in total. The number of carboxylic acids is 1. The number of benzene rings is 1. The number of carboxylic acid groups (broad SMARTS) is 1. The normalized spacial score (nSPS) is 10.8. The van der Waals surface area contributed by atoms with Crippen molar-refractivity contribution in [1.82, 2.24) is 14.6 Å². The van der Waals surface area contributed by atoms with E-state index >= 15 is 0 Å². The van der Waals surface area contributed by atoms with Gasteiger partial charge in [-0.05, 0) is 17.7 Å². The summed E-state index contributed by atoms with van der Waals surface area (Å²) in [5.41, 5.74) is 0.814. The highest BCUT2D eigenvalue weighted by molar-refractivity contribution is 6.30. The first kappa shape index (κ1) is 12.4. The van der Waals surface area contributed by atoms with Gasteiger partial charge in [-0.1, -0.05) is 23.7 Å². The van der Waals surface area contributed by atoms with Crippen LogP contribution in [0.5, 0.6) is 0 Å². The summed E-state index contributed by atoms with van der Waals surface area (Å²) in [5.74, 6) is -1.25. The van der Waals surface area contributed by atoms with Gasteiger partial charge in [0.15, 0.2) is 11.3 Å². The molecule has 0 atom stereocenters. The molecule has 0 unspecified atom stereocenters. The van der Waals surface area contributed by atoms with Crippen molar-refractivity contribution in [3.05, 3.63) is 57.6 Å². The number of fused-ring (bicyclic) bond motifs is 1. The highest BCUT2D eigenvalue weighted by Gasteiger charge is 2.14. The minimum absolute atomic E-state index is 0.247. The molecule has 0 spiro atoms. The van der Waals surface area contributed by atoms with Gasteiger partial charge in [0.1, 0.15) is 0 Å². The van der Waals surface area contributed by atoms with E-state index in [1.807, 2.05) is 0 Å². The number of nitrogens with one attached hydrogen (secondary N) is 1. The zero-order chi connectivity index (χ0) is 14.3. The molecular weight excluding hydrogens is 282 g/mol. The first-order valence-electron chi connectivity index (χ1n) is 5.66. The quantitative estimate of drug-likeness (QED) is 0.756. The minimum atomic E-state index is -1.25. The average molecular weight is 290 g/mol. The van der Waals surface area contributed by atoms with Gasteiger partial charge in [-0.15, -0.1) is 0 Å². The van der Waals surface area contributed by atoms with E-state index in [9.17, 15) is 9.59 Å². The van der Waals surface area contributed by atoms with Crippen LogP contribution >= 0.6 is 11.6 Å². The molecule has 100 valence electrons. The van der Waals surface area contributed by atoms with Crippen molar-refractivity contribution < 1.29 is 9.90 Å². The Morgan fingerprint density at radius 2 is 2.15 bits per heavy atom. The first-order valence-corrected chi connectivity index (χ1v) is 6.04. The Labute approximate surface area is 117 Å². The topological polar surface area (TPSA) is 87.5 Å². The second-order valence-electron chi connectivity index (χ2n) is 4.14. The molecule has 0 radical (unpaired) electrons. The summed E-state index contributed by atoms with van der Waals surface area (Å²) in [7, 11) is 0. The molecule has 20 heavy (non-hydrogen) atoms. The van der Waals surface area contributed by atoms with Crippen molar-refractivity contribution in [3.63, 3.8) is 0 Å². The van der Waals surface area contributed by atoms with Crippen LogP contribution in [-0.4, -0.2) is 25.7 Å². The number of halogens is 1. The van der Waals surface area contributed by atoms with Gasteiger partial charge in [-0.3, -0.25) is 9.89 Å².